The molecule has 6 rings (SSSR count). The van der Waals surface area contributed by atoms with Gasteiger partial charge < -0.3 is 30.7 Å². The molecule has 4 N–H and O–H groups in total. The molecule has 0 spiro atoms. The van der Waals surface area contributed by atoms with E-state index in [1.54, 1.807) is 4.90 Å². The minimum atomic E-state index is -1.43. The average molecular weight is 622 g/mol. The third-order valence-corrected chi connectivity index (χ3v) is 9.98. The van der Waals surface area contributed by atoms with Crippen LogP contribution in [-0.2, 0) is 32.2 Å². The summed E-state index contributed by atoms with van der Waals surface area (Å²) >= 11 is 0. The maximum Gasteiger partial charge on any atom is 0.410 e. The highest BCUT2D eigenvalue weighted by Crippen LogP contribution is 2.45. The highest BCUT2D eigenvalue weighted by molar-refractivity contribution is 5.96. The van der Waals surface area contributed by atoms with Crippen LogP contribution in [0.4, 0.5) is 9.59 Å². The maximum absolute atomic E-state index is 14.1. The first-order valence-corrected chi connectivity index (χ1v) is 16.4. The number of urea groups is 1. The number of nitrogens with zero attached hydrogens (tertiary/aromatic N) is 2. The summed E-state index contributed by atoms with van der Waals surface area (Å²) in [5.74, 6) is -2.49. The molecule has 2 aliphatic carbocycles. The summed E-state index contributed by atoms with van der Waals surface area (Å²) in [6.45, 7) is 0.786. The number of carbonyl (C=O) groups is 5. The number of rotatable bonds is 4. The molecule has 0 unspecified atom stereocenters. The molecule has 3 fully saturated rings. The number of ether oxygens (including phenoxy) is 1. The van der Waals surface area contributed by atoms with Crippen LogP contribution in [0.25, 0.3) is 0 Å². The van der Waals surface area contributed by atoms with Crippen LogP contribution in [-0.4, -0.2) is 81.1 Å². The molecule has 242 valence electrons. The summed E-state index contributed by atoms with van der Waals surface area (Å²) in [6.07, 6.45) is 10.2. The van der Waals surface area contributed by atoms with Crippen molar-refractivity contribution >= 4 is 29.9 Å². The lowest BCUT2D eigenvalue weighted by atomic mass is 10.0. The Labute approximate surface area is 262 Å². The van der Waals surface area contributed by atoms with E-state index in [9.17, 15) is 29.1 Å². The third-order valence-electron chi connectivity index (χ3n) is 9.98. The molecule has 0 bridgehead atoms. The molecule has 2 saturated carbocycles. The standard InChI is InChI=1S/C33H43N5O7/c39-28-27-16-25(45-32(44)37-18-21-10-6-7-11-22(21)19-37)20-38(27)29(40)26(35-31(43)34-24-13-8-9-14-24)15-5-3-1-2-4-12-23-17-33(23,36-28)30(41)42/h4,6-7,10-12,23-27H,1-3,5,8-9,13-20H2,(H,36,39)(H,41,42)(H2,34,35,43)/t23-,25-,26+,27+,33-/m1/s1. The molecule has 5 aliphatic rings. The van der Waals surface area contributed by atoms with Gasteiger partial charge in [-0.2, -0.15) is 0 Å². The predicted molar refractivity (Wildman–Crippen MR) is 163 cm³/mol. The Morgan fingerprint density at radius 3 is 2.38 bits per heavy atom. The molecule has 12 heteroatoms. The second kappa shape index (κ2) is 13.1. The summed E-state index contributed by atoms with van der Waals surface area (Å²) in [5.41, 5.74) is 0.650. The number of carboxylic acids is 1. The third kappa shape index (κ3) is 6.79. The minimum absolute atomic E-state index is 0.0291. The summed E-state index contributed by atoms with van der Waals surface area (Å²) in [6, 6.07) is 5.49. The number of carbonyl (C=O) groups excluding carboxylic acids is 4. The van der Waals surface area contributed by atoms with Crippen molar-refractivity contribution in [2.24, 2.45) is 5.92 Å². The van der Waals surface area contributed by atoms with Crippen molar-refractivity contribution in [2.45, 2.75) is 113 Å². The van der Waals surface area contributed by atoms with Crippen LogP contribution in [0, 0.1) is 5.92 Å². The van der Waals surface area contributed by atoms with Crippen molar-refractivity contribution in [2.75, 3.05) is 6.54 Å². The highest BCUT2D eigenvalue weighted by atomic mass is 16.6. The van der Waals surface area contributed by atoms with Crippen LogP contribution >= 0.6 is 0 Å². The summed E-state index contributed by atoms with van der Waals surface area (Å²) in [4.78, 5) is 69.4. The molecule has 0 aromatic heterocycles. The van der Waals surface area contributed by atoms with Crippen molar-refractivity contribution < 1.29 is 33.8 Å². The van der Waals surface area contributed by atoms with Crippen molar-refractivity contribution in [3.05, 3.63) is 47.5 Å². The van der Waals surface area contributed by atoms with Gasteiger partial charge in [0.05, 0.1) is 6.54 Å². The lowest BCUT2D eigenvalue weighted by Gasteiger charge is -2.29. The molecule has 0 radical (unpaired) electrons. The second-order valence-electron chi connectivity index (χ2n) is 13.2. The zero-order valence-electron chi connectivity index (χ0n) is 25.5. The Hall–Kier alpha value is -4.09. The molecular weight excluding hydrogens is 578 g/mol. The van der Waals surface area contributed by atoms with Gasteiger partial charge in [0.2, 0.25) is 11.8 Å². The van der Waals surface area contributed by atoms with Gasteiger partial charge in [0.1, 0.15) is 23.7 Å². The SMILES string of the molecule is O=C(NC1CCCC1)N[C@H]1CCCCCC=C[C@@H]2C[C@@]2(C(=O)O)NC(=O)[C@@H]2C[C@@H](OC(=O)N3Cc4ccccc4C3)CN2C1=O. The zero-order valence-corrected chi connectivity index (χ0v) is 25.5. The van der Waals surface area contributed by atoms with Gasteiger partial charge in [-0.3, -0.25) is 14.5 Å². The first-order chi connectivity index (χ1) is 21.7. The Kier molecular flexibility index (Phi) is 9.00. The first kappa shape index (κ1) is 30.9. The van der Waals surface area contributed by atoms with E-state index in [1.165, 1.54) is 4.90 Å². The van der Waals surface area contributed by atoms with E-state index < -0.39 is 53.6 Å². The summed E-state index contributed by atoms with van der Waals surface area (Å²) in [5, 5.41) is 18.7. The van der Waals surface area contributed by atoms with Crippen LogP contribution in [0.3, 0.4) is 0 Å². The lowest BCUT2D eigenvalue weighted by molar-refractivity contribution is -0.145. The van der Waals surface area contributed by atoms with E-state index in [4.69, 9.17) is 4.74 Å². The Morgan fingerprint density at radius 2 is 1.67 bits per heavy atom. The molecule has 1 aromatic rings. The smallest absolute Gasteiger partial charge is 0.410 e. The number of fused-ring (bicyclic) bond motifs is 3. The number of aliphatic carboxylic acids is 1. The number of amides is 5. The van der Waals surface area contributed by atoms with Crippen molar-refractivity contribution in [1.29, 1.82) is 0 Å². The van der Waals surface area contributed by atoms with Gasteiger partial charge in [-0.1, -0.05) is 62.1 Å². The lowest BCUT2D eigenvalue weighted by Crippen LogP contribution is -2.57. The Bertz CT molecular complexity index is 1340. The fourth-order valence-electron chi connectivity index (χ4n) is 7.28. The molecule has 45 heavy (non-hydrogen) atoms. The quantitative estimate of drug-likeness (QED) is 0.376. The molecule has 5 amide bonds. The van der Waals surface area contributed by atoms with Crippen molar-refractivity contribution in [3.8, 4) is 0 Å². The zero-order chi connectivity index (χ0) is 31.6. The second-order valence-corrected chi connectivity index (χ2v) is 13.2. The molecule has 1 aromatic carbocycles. The predicted octanol–water partition coefficient (Wildman–Crippen LogP) is 3.20. The largest absolute Gasteiger partial charge is 0.479 e. The van der Waals surface area contributed by atoms with Crippen LogP contribution in [0.2, 0.25) is 0 Å². The van der Waals surface area contributed by atoms with E-state index in [1.807, 2.05) is 36.4 Å². The van der Waals surface area contributed by atoms with E-state index in [-0.39, 0.29) is 31.3 Å². The van der Waals surface area contributed by atoms with E-state index in [2.05, 4.69) is 16.0 Å². The number of hydrogen-bond acceptors (Lipinski definition) is 6. The molecule has 3 aliphatic heterocycles. The van der Waals surface area contributed by atoms with E-state index >= 15 is 0 Å². The summed E-state index contributed by atoms with van der Waals surface area (Å²) in [7, 11) is 0. The van der Waals surface area contributed by atoms with Gasteiger partial charge in [-0.25, -0.2) is 14.4 Å². The Morgan fingerprint density at radius 1 is 0.956 bits per heavy atom. The van der Waals surface area contributed by atoms with E-state index in [0.29, 0.717) is 25.9 Å². The number of carboxylic acid groups (broad SMARTS) is 1. The molecule has 12 nitrogen and oxygen atoms in total. The van der Waals surface area contributed by atoms with Gasteiger partial charge >= 0.3 is 18.1 Å². The first-order valence-electron chi connectivity index (χ1n) is 16.4. The number of hydrogen-bond donors (Lipinski definition) is 4. The fraction of sp³-hybridized carbons (Fsp3) is 0.606. The molecule has 3 heterocycles. The molecule has 5 atom stereocenters. The van der Waals surface area contributed by atoms with Gasteiger partial charge in [-0.15, -0.1) is 0 Å². The Balaban J connectivity index is 1.20. The highest BCUT2D eigenvalue weighted by Gasteiger charge is 2.61. The monoisotopic (exact) mass is 621 g/mol. The van der Waals surface area contributed by atoms with Crippen LogP contribution < -0.4 is 16.0 Å². The van der Waals surface area contributed by atoms with Gasteiger partial charge in [-0.05, 0) is 49.7 Å². The average Bonchev–Trinajstić information content (AvgIpc) is 3.43. The maximum atomic E-state index is 14.1. The van der Waals surface area contributed by atoms with Crippen LogP contribution in [0.5, 0.6) is 0 Å². The molecular formula is C33H43N5O7. The molecule has 1 saturated heterocycles. The minimum Gasteiger partial charge on any atom is -0.479 e. The van der Waals surface area contributed by atoms with Crippen molar-refractivity contribution in [3.63, 3.8) is 0 Å². The van der Waals surface area contributed by atoms with Crippen molar-refractivity contribution in [1.82, 2.24) is 25.8 Å². The van der Waals surface area contributed by atoms with E-state index in [0.717, 1.165) is 56.1 Å². The van der Waals surface area contributed by atoms with Crippen LogP contribution in [0.15, 0.2) is 36.4 Å². The fourth-order valence-corrected chi connectivity index (χ4v) is 7.28. The number of nitrogens with one attached hydrogen (secondary N) is 3. The normalized spacial score (nSPS) is 30.3. The number of allylic oxidation sites excluding steroid dienone is 1. The summed E-state index contributed by atoms with van der Waals surface area (Å²) < 4.78 is 5.87. The number of benzene rings is 1. The van der Waals surface area contributed by atoms with Gasteiger partial charge in [0.15, 0.2) is 0 Å². The van der Waals surface area contributed by atoms with Gasteiger partial charge in [0, 0.05) is 31.5 Å². The van der Waals surface area contributed by atoms with Gasteiger partial charge in [0.25, 0.3) is 0 Å². The van der Waals surface area contributed by atoms with Crippen LogP contribution in [0.1, 0.15) is 81.8 Å². The topological polar surface area (TPSA) is 157 Å².